The SMILES string of the molecule is COc1ccc([N+](=O)[O-])cc1NCc1cccc(C)c1C. The largest absolute Gasteiger partial charge is 0.495 e. The lowest BCUT2D eigenvalue weighted by Crippen LogP contribution is -2.04. The van der Waals surface area contributed by atoms with E-state index in [0.717, 1.165) is 5.56 Å². The van der Waals surface area contributed by atoms with Gasteiger partial charge in [0.15, 0.2) is 0 Å². The quantitative estimate of drug-likeness (QED) is 0.670. The second-order valence-electron chi connectivity index (χ2n) is 4.85. The van der Waals surface area contributed by atoms with Crippen LogP contribution in [0.25, 0.3) is 0 Å². The number of nitro groups is 1. The summed E-state index contributed by atoms with van der Waals surface area (Å²) in [6.45, 7) is 4.72. The minimum absolute atomic E-state index is 0.0410. The first-order valence-corrected chi connectivity index (χ1v) is 6.64. The fraction of sp³-hybridized carbons (Fsp3) is 0.250. The zero-order chi connectivity index (χ0) is 15.4. The molecule has 0 aliphatic rings. The molecule has 5 heteroatoms. The zero-order valence-electron chi connectivity index (χ0n) is 12.3. The van der Waals surface area contributed by atoms with Gasteiger partial charge in [-0.3, -0.25) is 10.1 Å². The van der Waals surface area contributed by atoms with Crippen LogP contribution in [0.3, 0.4) is 0 Å². The number of benzene rings is 2. The Morgan fingerprint density at radius 1 is 1.24 bits per heavy atom. The zero-order valence-corrected chi connectivity index (χ0v) is 12.3. The summed E-state index contributed by atoms with van der Waals surface area (Å²) >= 11 is 0. The summed E-state index contributed by atoms with van der Waals surface area (Å²) in [6.07, 6.45) is 0. The molecule has 0 amide bonds. The molecule has 1 N–H and O–H groups in total. The number of nitrogens with zero attached hydrogens (tertiary/aromatic N) is 1. The number of aryl methyl sites for hydroxylation is 1. The topological polar surface area (TPSA) is 64.4 Å². The molecule has 2 aromatic carbocycles. The molecule has 5 nitrogen and oxygen atoms in total. The maximum absolute atomic E-state index is 10.9. The number of rotatable bonds is 5. The van der Waals surface area contributed by atoms with Gasteiger partial charge in [-0.2, -0.15) is 0 Å². The summed E-state index contributed by atoms with van der Waals surface area (Å²) in [7, 11) is 1.55. The molecular weight excluding hydrogens is 268 g/mol. The minimum atomic E-state index is -0.414. The van der Waals surface area contributed by atoms with Crippen LogP contribution < -0.4 is 10.1 Å². The Hall–Kier alpha value is -2.56. The normalized spacial score (nSPS) is 10.2. The number of nitrogens with one attached hydrogen (secondary N) is 1. The Labute approximate surface area is 123 Å². The van der Waals surface area contributed by atoms with Crippen LogP contribution in [0.5, 0.6) is 5.75 Å². The Morgan fingerprint density at radius 3 is 2.67 bits per heavy atom. The van der Waals surface area contributed by atoms with Crippen molar-refractivity contribution >= 4 is 11.4 Å². The highest BCUT2D eigenvalue weighted by molar-refractivity contribution is 5.61. The number of nitro benzene ring substituents is 1. The van der Waals surface area contributed by atoms with E-state index in [1.807, 2.05) is 12.1 Å². The molecule has 0 radical (unpaired) electrons. The summed E-state index contributed by atoms with van der Waals surface area (Å²) in [5.74, 6) is 0.589. The van der Waals surface area contributed by atoms with Crippen LogP contribution in [0.15, 0.2) is 36.4 Å². The Kier molecular flexibility index (Phi) is 4.42. The van der Waals surface area contributed by atoms with Crippen molar-refractivity contribution in [2.75, 3.05) is 12.4 Å². The van der Waals surface area contributed by atoms with Gasteiger partial charge in [-0.25, -0.2) is 0 Å². The van der Waals surface area contributed by atoms with Crippen LogP contribution in [-0.2, 0) is 6.54 Å². The summed E-state index contributed by atoms with van der Waals surface area (Å²) in [6, 6.07) is 10.6. The van der Waals surface area contributed by atoms with Gasteiger partial charge in [-0.05, 0) is 36.6 Å². The number of methoxy groups -OCH3 is 1. The molecule has 2 rings (SSSR count). The molecule has 0 fully saturated rings. The lowest BCUT2D eigenvalue weighted by atomic mass is 10.0. The van der Waals surface area contributed by atoms with Crippen molar-refractivity contribution in [2.24, 2.45) is 0 Å². The minimum Gasteiger partial charge on any atom is -0.495 e. The molecule has 0 saturated carbocycles. The Balaban J connectivity index is 2.24. The molecule has 0 spiro atoms. The summed E-state index contributed by atoms with van der Waals surface area (Å²) < 4.78 is 5.24. The van der Waals surface area contributed by atoms with Gasteiger partial charge in [0, 0.05) is 18.7 Å². The van der Waals surface area contributed by atoms with Crippen molar-refractivity contribution < 1.29 is 9.66 Å². The first kappa shape index (κ1) is 14.8. The van der Waals surface area contributed by atoms with Crippen LogP contribution in [0, 0.1) is 24.0 Å². The highest BCUT2D eigenvalue weighted by Gasteiger charge is 2.11. The molecule has 0 aliphatic heterocycles. The van der Waals surface area contributed by atoms with E-state index in [9.17, 15) is 10.1 Å². The standard InChI is InChI=1S/C16H18N2O3/c1-11-5-4-6-13(12(11)2)10-17-15-9-14(18(19)20)7-8-16(15)21-3/h4-9,17H,10H2,1-3H3. The highest BCUT2D eigenvalue weighted by Crippen LogP contribution is 2.29. The maximum Gasteiger partial charge on any atom is 0.271 e. The summed E-state index contributed by atoms with van der Waals surface area (Å²) in [5.41, 5.74) is 4.25. The molecule has 0 heterocycles. The molecule has 0 atom stereocenters. The van der Waals surface area contributed by atoms with Gasteiger partial charge < -0.3 is 10.1 Å². The lowest BCUT2D eigenvalue weighted by Gasteiger charge is -2.13. The van der Waals surface area contributed by atoms with E-state index < -0.39 is 4.92 Å². The molecule has 0 aliphatic carbocycles. The van der Waals surface area contributed by atoms with E-state index >= 15 is 0 Å². The predicted molar refractivity (Wildman–Crippen MR) is 82.9 cm³/mol. The number of ether oxygens (including phenoxy) is 1. The van der Waals surface area contributed by atoms with Gasteiger partial charge in [0.1, 0.15) is 5.75 Å². The first-order valence-electron chi connectivity index (χ1n) is 6.64. The van der Waals surface area contributed by atoms with Crippen molar-refractivity contribution in [3.63, 3.8) is 0 Å². The van der Waals surface area contributed by atoms with E-state index in [1.165, 1.54) is 23.3 Å². The fourth-order valence-corrected chi connectivity index (χ4v) is 2.14. The van der Waals surface area contributed by atoms with Gasteiger partial charge in [-0.1, -0.05) is 18.2 Å². The number of hydrogen-bond acceptors (Lipinski definition) is 4. The van der Waals surface area contributed by atoms with Gasteiger partial charge in [-0.15, -0.1) is 0 Å². The van der Waals surface area contributed by atoms with Crippen molar-refractivity contribution in [2.45, 2.75) is 20.4 Å². The predicted octanol–water partition coefficient (Wildman–Crippen LogP) is 3.83. The molecule has 2 aromatic rings. The van der Waals surface area contributed by atoms with Crippen molar-refractivity contribution in [3.05, 3.63) is 63.2 Å². The third-order valence-corrected chi connectivity index (χ3v) is 3.58. The van der Waals surface area contributed by atoms with Crippen molar-refractivity contribution in [1.82, 2.24) is 0 Å². The fourth-order valence-electron chi connectivity index (χ4n) is 2.14. The van der Waals surface area contributed by atoms with Gasteiger partial charge in [0.25, 0.3) is 5.69 Å². The van der Waals surface area contributed by atoms with E-state index in [-0.39, 0.29) is 5.69 Å². The average molecular weight is 286 g/mol. The van der Waals surface area contributed by atoms with Gasteiger partial charge >= 0.3 is 0 Å². The molecule has 0 saturated heterocycles. The van der Waals surface area contributed by atoms with Crippen LogP contribution in [0.4, 0.5) is 11.4 Å². The number of non-ortho nitro benzene ring substituents is 1. The third kappa shape index (κ3) is 3.31. The second kappa shape index (κ2) is 6.26. The van der Waals surface area contributed by atoms with Crippen LogP contribution in [0.2, 0.25) is 0 Å². The number of anilines is 1. The van der Waals surface area contributed by atoms with Crippen molar-refractivity contribution in [3.8, 4) is 5.75 Å². The third-order valence-electron chi connectivity index (χ3n) is 3.58. The smallest absolute Gasteiger partial charge is 0.271 e. The molecule has 21 heavy (non-hydrogen) atoms. The van der Waals surface area contributed by atoms with Crippen LogP contribution in [-0.4, -0.2) is 12.0 Å². The Morgan fingerprint density at radius 2 is 2.00 bits per heavy atom. The maximum atomic E-state index is 10.9. The highest BCUT2D eigenvalue weighted by atomic mass is 16.6. The second-order valence-corrected chi connectivity index (χ2v) is 4.85. The average Bonchev–Trinajstić information content (AvgIpc) is 2.48. The molecule has 110 valence electrons. The Bertz CT molecular complexity index is 669. The van der Waals surface area contributed by atoms with Crippen LogP contribution >= 0.6 is 0 Å². The van der Waals surface area contributed by atoms with E-state index in [2.05, 4.69) is 25.2 Å². The van der Waals surface area contributed by atoms with E-state index in [4.69, 9.17) is 4.74 Å². The summed E-state index contributed by atoms with van der Waals surface area (Å²) in [5, 5.41) is 14.1. The molecule has 0 aromatic heterocycles. The first-order chi connectivity index (χ1) is 10.0. The summed E-state index contributed by atoms with van der Waals surface area (Å²) in [4.78, 5) is 10.4. The molecule has 0 bridgehead atoms. The van der Waals surface area contributed by atoms with Crippen molar-refractivity contribution in [1.29, 1.82) is 0 Å². The molecule has 0 unspecified atom stereocenters. The van der Waals surface area contributed by atoms with Crippen LogP contribution in [0.1, 0.15) is 16.7 Å². The monoisotopic (exact) mass is 286 g/mol. The van der Waals surface area contributed by atoms with E-state index in [1.54, 1.807) is 13.2 Å². The van der Waals surface area contributed by atoms with Gasteiger partial charge in [0.2, 0.25) is 0 Å². The molecular formula is C16H18N2O3. The van der Waals surface area contributed by atoms with E-state index in [0.29, 0.717) is 18.0 Å². The lowest BCUT2D eigenvalue weighted by molar-refractivity contribution is -0.384. The van der Waals surface area contributed by atoms with Gasteiger partial charge in [0.05, 0.1) is 17.7 Å². The number of hydrogen-bond donors (Lipinski definition) is 1.